The van der Waals surface area contributed by atoms with Crippen LogP contribution in [0.4, 0.5) is 5.69 Å². The number of fused-ring (bicyclic) bond motifs is 1. The van der Waals surface area contributed by atoms with Gasteiger partial charge in [0.05, 0.1) is 22.9 Å². The molecule has 6 heteroatoms. The van der Waals surface area contributed by atoms with Crippen molar-refractivity contribution in [3.05, 3.63) is 78.9 Å². The molecule has 0 saturated heterocycles. The lowest BCUT2D eigenvalue weighted by Gasteiger charge is -2.21. The fourth-order valence-electron chi connectivity index (χ4n) is 3.45. The summed E-state index contributed by atoms with van der Waals surface area (Å²) in [6, 6.07) is 25.7. The highest BCUT2D eigenvalue weighted by molar-refractivity contribution is 8.00. The third kappa shape index (κ3) is 4.44. The monoisotopic (exact) mass is 431 g/mol. The minimum absolute atomic E-state index is 0.0292. The van der Waals surface area contributed by atoms with Crippen molar-refractivity contribution in [2.75, 3.05) is 18.6 Å². The van der Waals surface area contributed by atoms with Gasteiger partial charge >= 0.3 is 0 Å². The number of para-hydroxylation sites is 3. The van der Waals surface area contributed by atoms with Crippen LogP contribution in [0.5, 0.6) is 5.75 Å². The van der Waals surface area contributed by atoms with Crippen LogP contribution < -0.4 is 9.64 Å². The van der Waals surface area contributed by atoms with E-state index < -0.39 is 0 Å². The Morgan fingerprint density at radius 2 is 1.71 bits per heavy atom. The van der Waals surface area contributed by atoms with Gasteiger partial charge in [-0.05, 0) is 62.4 Å². The number of thioether (sulfide) groups is 1. The highest BCUT2D eigenvalue weighted by atomic mass is 32.2. The van der Waals surface area contributed by atoms with E-state index in [4.69, 9.17) is 9.72 Å². The number of rotatable bonds is 7. The fraction of sp³-hybridized carbons (Fsp3) is 0.200. The zero-order valence-electron chi connectivity index (χ0n) is 17.9. The quantitative estimate of drug-likeness (QED) is 0.359. The number of ether oxygens (including phenoxy) is 1. The van der Waals surface area contributed by atoms with E-state index in [9.17, 15) is 4.79 Å². The van der Waals surface area contributed by atoms with E-state index in [2.05, 4.69) is 4.57 Å². The Balaban J connectivity index is 1.66. The SMILES string of the molecule is CCOc1ccc(-n2c(S[C@@H](C)C(=O)N(C)c3ccccc3)nc3ccccc32)cc1. The summed E-state index contributed by atoms with van der Waals surface area (Å²) in [5.41, 5.74) is 3.76. The molecule has 1 atom stereocenters. The highest BCUT2D eigenvalue weighted by Crippen LogP contribution is 2.32. The van der Waals surface area contributed by atoms with Crippen LogP contribution in [0.3, 0.4) is 0 Å². The number of anilines is 1. The van der Waals surface area contributed by atoms with E-state index in [1.54, 1.807) is 4.90 Å². The molecule has 0 unspecified atom stereocenters. The summed E-state index contributed by atoms with van der Waals surface area (Å²) in [4.78, 5) is 19.6. The lowest BCUT2D eigenvalue weighted by atomic mass is 10.2. The van der Waals surface area contributed by atoms with Crippen molar-refractivity contribution in [2.45, 2.75) is 24.3 Å². The van der Waals surface area contributed by atoms with Crippen LogP contribution >= 0.6 is 11.8 Å². The van der Waals surface area contributed by atoms with E-state index >= 15 is 0 Å². The first-order valence-electron chi connectivity index (χ1n) is 10.3. The summed E-state index contributed by atoms with van der Waals surface area (Å²) in [6.07, 6.45) is 0. The predicted octanol–water partition coefficient (Wildman–Crippen LogP) is 5.57. The maximum absolute atomic E-state index is 13.1. The van der Waals surface area contributed by atoms with Gasteiger partial charge in [-0.25, -0.2) is 4.98 Å². The van der Waals surface area contributed by atoms with Crippen molar-refractivity contribution in [3.63, 3.8) is 0 Å². The van der Waals surface area contributed by atoms with Crippen LogP contribution in [0, 0.1) is 0 Å². The van der Waals surface area contributed by atoms with Crippen LogP contribution in [0.1, 0.15) is 13.8 Å². The number of hydrogen-bond acceptors (Lipinski definition) is 4. The molecule has 1 heterocycles. The van der Waals surface area contributed by atoms with Gasteiger partial charge in [-0.15, -0.1) is 0 Å². The fourth-order valence-corrected chi connectivity index (χ4v) is 4.49. The summed E-state index contributed by atoms with van der Waals surface area (Å²) in [5.74, 6) is 0.861. The number of amides is 1. The van der Waals surface area contributed by atoms with Gasteiger partial charge in [-0.2, -0.15) is 0 Å². The molecule has 0 bridgehead atoms. The molecule has 0 saturated carbocycles. The molecule has 0 aliphatic carbocycles. The average molecular weight is 432 g/mol. The number of carbonyl (C=O) groups is 1. The number of carbonyl (C=O) groups excluding carboxylic acids is 1. The molecule has 0 fully saturated rings. The zero-order valence-corrected chi connectivity index (χ0v) is 18.7. The summed E-state index contributed by atoms with van der Waals surface area (Å²) in [6.45, 7) is 4.52. The number of nitrogens with zero attached hydrogens (tertiary/aromatic N) is 3. The maximum Gasteiger partial charge on any atom is 0.240 e. The molecule has 0 aliphatic rings. The van der Waals surface area contributed by atoms with Gasteiger partial charge in [0.1, 0.15) is 5.75 Å². The third-order valence-corrected chi connectivity index (χ3v) is 6.08. The molecule has 31 heavy (non-hydrogen) atoms. The topological polar surface area (TPSA) is 47.4 Å². The first-order valence-corrected chi connectivity index (χ1v) is 11.2. The van der Waals surface area contributed by atoms with E-state index in [0.29, 0.717) is 6.61 Å². The molecule has 0 N–H and O–H groups in total. The first kappa shape index (κ1) is 21.0. The van der Waals surface area contributed by atoms with Crippen LogP contribution in [-0.2, 0) is 4.79 Å². The number of imidazole rings is 1. The smallest absolute Gasteiger partial charge is 0.240 e. The van der Waals surface area contributed by atoms with Crippen LogP contribution in [-0.4, -0.2) is 34.4 Å². The molecule has 4 aromatic rings. The molecule has 4 rings (SSSR count). The highest BCUT2D eigenvalue weighted by Gasteiger charge is 2.23. The lowest BCUT2D eigenvalue weighted by Crippen LogP contribution is -2.33. The number of aromatic nitrogens is 2. The standard InChI is InChI=1S/C25H25N3O2S/c1-4-30-21-16-14-20(15-17-21)28-23-13-9-8-12-22(23)26-25(28)31-18(2)24(29)27(3)19-10-6-5-7-11-19/h5-18H,4H2,1-3H3/t18-/m0/s1. The second-order valence-corrected chi connectivity index (χ2v) is 8.45. The van der Waals surface area contributed by atoms with Crippen LogP contribution in [0.25, 0.3) is 16.7 Å². The average Bonchev–Trinajstić information content (AvgIpc) is 3.17. The van der Waals surface area contributed by atoms with Gasteiger partial charge in [-0.3, -0.25) is 9.36 Å². The Hall–Kier alpha value is -3.25. The van der Waals surface area contributed by atoms with Gasteiger partial charge < -0.3 is 9.64 Å². The predicted molar refractivity (Wildman–Crippen MR) is 127 cm³/mol. The van der Waals surface area contributed by atoms with Crippen LogP contribution in [0.15, 0.2) is 84.0 Å². The van der Waals surface area contributed by atoms with E-state index in [1.165, 1.54) is 11.8 Å². The molecule has 3 aromatic carbocycles. The first-order chi connectivity index (χ1) is 15.1. The van der Waals surface area contributed by atoms with Crippen molar-refractivity contribution in [1.82, 2.24) is 9.55 Å². The van der Waals surface area contributed by atoms with E-state index in [-0.39, 0.29) is 11.2 Å². The summed E-state index contributed by atoms with van der Waals surface area (Å²) in [5, 5.41) is 0.483. The Morgan fingerprint density at radius 3 is 2.42 bits per heavy atom. The van der Waals surface area contributed by atoms with E-state index in [0.717, 1.165) is 33.3 Å². The Bertz CT molecular complexity index is 1170. The lowest BCUT2D eigenvalue weighted by molar-refractivity contribution is -0.117. The van der Waals surface area contributed by atoms with E-state index in [1.807, 2.05) is 99.8 Å². The van der Waals surface area contributed by atoms with Crippen molar-refractivity contribution in [1.29, 1.82) is 0 Å². The summed E-state index contributed by atoms with van der Waals surface area (Å²) in [7, 11) is 1.81. The largest absolute Gasteiger partial charge is 0.494 e. The van der Waals surface area contributed by atoms with Crippen molar-refractivity contribution < 1.29 is 9.53 Å². The Morgan fingerprint density at radius 1 is 1.03 bits per heavy atom. The van der Waals surface area contributed by atoms with Gasteiger partial charge in [0.15, 0.2) is 5.16 Å². The normalized spacial score (nSPS) is 12.0. The maximum atomic E-state index is 13.1. The number of benzene rings is 3. The summed E-state index contributed by atoms with van der Waals surface area (Å²) < 4.78 is 7.68. The second-order valence-electron chi connectivity index (χ2n) is 7.14. The molecule has 1 amide bonds. The van der Waals surface area contributed by atoms with Gasteiger partial charge in [0.2, 0.25) is 5.91 Å². The molecule has 5 nitrogen and oxygen atoms in total. The molecule has 0 aliphatic heterocycles. The molecule has 158 valence electrons. The zero-order chi connectivity index (χ0) is 21.8. The molecule has 1 aromatic heterocycles. The van der Waals surface area contributed by atoms with Gasteiger partial charge in [0, 0.05) is 18.4 Å². The Labute approximate surface area is 186 Å². The molecular formula is C25H25N3O2S. The Kier molecular flexibility index (Phi) is 6.28. The van der Waals surface area contributed by atoms with Crippen molar-refractivity contribution >= 4 is 34.4 Å². The van der Waals surface area contributed by atoms with Crippen molar-refractivity contribution in [2.24, 2.45) is 0 Å². The van der Waals surface area contributed by atoms with Crippen LogP contribution in [0.2, 0.25) is 0 Å². The molecular weight excluding hydrogens is 406 g/mol. The minimum atomic E-state index is -0.302. The third-order valence-electron chi connectivity index (χ3n) is 5.04. The molecule has 0 radical (unpaired) electrons. The van der Waals surface area contributed by atoms with Gasteiger partial charge in [0.25, 0.3) is 0 Å². The molecule has 0 spiro atoms. The minimum Gasteiger partial charge on any atom is -0.494 e. The number of hydrogen-bond donors (Lipinski definition) is 0. The second kappa shape index (κ2) is 9.27. The van der Waals surface area contributed by atoms with Crippen molar-refractivity contribution in [3.8, 4) is 11.4 Å². The van der Waals surface area contributed by atoms with Gasteiger partial charge in [-0.1, -0.05) is 42.1 Å². The summed E-state index contributed by atoms with van der Waals surface area (Å²) >= 11 is 1.47.